The van der Waals surface area contributed by atoms with Crippen LogP contribution in [0.15, 0.2) is 42.7 Å². The average molecular weight is 407 g/mol. The number of nitrogens with one attached hydrogen (secondary N) is 2. The Bertz CT molecular complexity index is 1170. The van der Waals surface area contributed by atoms with Crippen LogP contribution in [-0.2, 0) is 0 Å². The number of hydrogen-bond donors (Lipinski definition) is 2. The summed E-state index contributed by atoms with van der Waals surface area (Å²) < 4.78 is 18.0. The van der Waals surface area contributed by atoms with Gasteiger partial charge in [-0.15, -0.1) is 0 Å². The van der Waals surface area contributed by atoms with Crippen LogP contribution >= 0.6 is 0 Å². The van der Waals surface area contributed by atoms with Gasteiger partial charge in [-0.25, -0.2) is 19.5 Å². The van der Waals surface area contributed by atoms with Gasteiger partial charge in [-0.05, 0) is 12.1 Å². The number of nitrogens with zero attached hydrogens (tertiary/aromatic N) is 5. The van der Waals surface area contributed by atoms with Gasteiger partial charge in [-0.2, -0.15) is 4.98 Å². The molecule has 0 atom stereocenters. The lowest BCUT2D eigenvalue weighted by atomic mass is 10.2. The number of para-hydroxylation sites is 2. The number of hydrogen-bond acceptors (Lipinski definition) is 9. The van der Waals surface area contributed by atoms with Gasteiger partial charge in [-0.1, -0.05) is 12.1 Å². The van der Waals surface area contributed by atoms with Crippen molar-refractivity contribution in [2.45, 2.75) is 0 Å². The lowest BCUT2D eigenvalue weighted by Crippen LogP contribution is -2.08. The second-order valence-corrected chi connectivity index (χ2v) is 6.16. The van der Waals surface area contributed by atoms with Crippen molar-refractivity contribution >= 4 is 28.6 Å². The van der Waals surface area contributed by atoms with Crippen LogP contribution in [0.1, 0.15) is 0 Å². The fraction of sp³-hybridized carbons (Fsp3) is 0.200. The van der Waals surface area contributed by atoms with E-state index in [1.807, 2.05) is 28.8 Å². The van der Waals surface area contributed by atoms with Crippen LogP contribution in [-0.4, -0.2) is 52.9 Å². The lowest BCUT2D eigenvalue weighted by Gasteiger charge is -2.14. The maximum atomic E-state index is 5.40. The van der Waals surface area contributed by atoms with E-state index in [9.17, 15) is 0 Å². The molecule has 30 heavy (non-hydrogen) atoms. The molecule has 0 saturated carbocycles. The molecule has 0 bridgehead atoms. The molecule has 0 unspecified atom stereocenters. The first-order valence-corrected chi connectivity index (χ1v) is 9.10. The molecule has 0 amide bonds. The van der Waals surface area contributed by atoms with Gasteiger partial charge in [0.15, 0.2) is 11.5 Å². The minimum atomic E-state index is 0.356. The van der Waals surface area contributed by atoms with E-state index in [1.54, 1.807) is 40.5 Å². The van der Waals surface area contributed by atoms with Crippen LogP contribution in [0.5, 0.6) is 17.2 Å². The number of ether oxygens (including phenoxy) is 3. The monoisotopic (exact) mass is 407 g/mol. The van der Waals surface area contributed by atoms with Crippen LogP contribution in [0, 0.1) is 0 Å². The fourth-order valence-electron chi connectivity index (χ4n) is 3.13. The zero-order valence-corrected chi connectivity index (χ0v) is 17.0. The van der Waals surface area contributed by atoms with Gasteiger partial charge >= 0.3 is 0 Å². The van der Waals surface area contributed by atoms with Crippen LogP contribution in [0.25, 0.3) is 17.0 Å². The van der Waals surface area contributed by atoms with Crippen molar-refractivity contribution in [1.29, 1.82) is 0 Å². The molecule has 0 fully saturated rings. The highest BCUT2D eigenvalue weighted by Gasteiger charge is 2.16. The smallest absolute Gasteiger partial charge is 0.241 e. The lowest BCUT2D eigenvalue weighted by molar-refractivity contribution is 0.324. The van der Waals surface area contributed by atoms with Gasteiger partial charge in [-0.3, -0.25) is 0 Å². The Morgan fingerprint density at radius 3 is 2.30 bits per heavy atom. The summed E-state index contributed by atoms with van der Waals surface area (Å²) in [5.74, 6) is 2.96. The maximum absolute atomic E-state index is 5.40. The molecule has 0 aliphatic rings. The van der Waals surface area contributed by atoms with E-state index < -0.39 is 0 Å². The van der Waals surface area contributed by atoms with Crippen molar-refractivity contribution in [3.8, 4) is 23.2 Å². The zero-order chi connectivity index (χ0) is 21.1. The molecule has 10 heteroatoms. The van der Waals surface area contributed by atoms with Crippen molar-refractivity contribution in [3.63, 3.8) is 0 Å². The molecule has 2 heterocycles. The van der Waals surface area contributed by atoms with Gasteiger partial charge < -0.3 is 24.8 Å². The Balaban J connectivity index is 1.74. The number of imidazole rings is 1. The van der Waals surface area contributed by atoms with Gasteiger partial charge in [0.25, 0.3) is 0 Å². The largest absolute Gasteiger partial charge is 0.493 e. The number of fused-ring (bicyclic) bond motifs is 1. The highest BCUT2D eigenvalue weighted by atomic mass is 16.5. The van der Waals surface area contributed by atoms with Crippen molar-refractivity contribution in [3.05, 3.63) is 42.7 Å². The van der Waals surface area contributed by atoms with Crippen LogP contribution in [0.4, 0.5) is 17.6 Å². The molecule has 0 spiro atoms. The minimum absolute atomic E-state index is 0.356. The fourth-order valence-corrected chi connectivity index (χ4v) is 3.13. The number of methoxy groups -OCH3 is 3. The van der Waals surface area contributed by atoms with E-state index in [1.165, 1.54) is 6.33 Å². The summed E-state index contributed by atoms with van der Waals surface area (Å²) >= 11 is 0. The highest BCUT2D eigenvalue weighted by molar-refractivity contribution is 5.80. The Hall–Kier alpha value is -4.08. The minimum Gasteiger partial charge on any atom is -0.493 e. The third-order valence-corrected chi connectivity index (χ3v) is 4.46. The number of rotatable bonds is 7. The SMILES string of the molecule is CNc1nc2ccccc2n1-c1ncnc(Nc2cc(OC)c(OC)c(OC)c2)n1. The van der Waals surface area contributed by atoms with Crippen molar-refractivity contribution in [1.82, 2.24) is 24.5 Å². The number of anilines is 3. The van der Waals surface area contributed by atoms with E-state index in [0.29, 0.717) is 40.8 Å². The Morgan fingerprint density at radius 2 is 1.63 bits per heavy atom. The molecule has 2 aromatic carbocycles. The quantitative estimate of drug-likeness (QED) is 0.478. The second-order valence-electron chi connectivity index (χ2n) is 6.16. The predicted molar refractivity (Wildman–Crippen MR) is 113 cm³/mol. The third-order valence-electron chi connectivity index (χ3n) is 4.46. The Kier molecular flexibility index (Phi) is 5.21. The molecule has 10 nitrogen and oxygen atoms in total. The molecule has 4 aromatic rings. The predicted octanol–water partition coefficient (Wildman–Crippen LogP) is 3.02. The van der Waals surface area contributed by atoms with Gasteiger partial charge in [0, 0.05) is 24.9 Å². The van der Waals surface area contributed by atoms with Gasteiger partial charge in [0.1, 0.15) is 6.33 Å². The third kappa shape index (κ3) is 3.39. The number of benzene rings is 2. The highest BCUT2D eigenvalue weighted by Crippen LogP contribution is 2.40. The standard InChI is InChI=1S/C20H21N7O3/c1-21-19-25-13-7-5-6-8-14(13)27(19)20-23-11-22-18(26-20)24-12-9-15(28-2)17(30-4)16(10-12)29-3/h5-11H,1-4H3,(H,21,25)(H,22,23,24,26). The second kappa shape index (κ2) is 8.11. The van der Waals surface area contributed by atoms with E-state index >= 15 is 0 Å². The topological polar surface area (TPSA) is 108 Å². The summed E-state index contributed by atoms with van der Waals surface area (Å²) in [7, 11) is 6.48. The van der Waals surface area contributed by atoms with E-state index in [0.717, 1.165) is 11.0 Å². The van der Waals surface area contributed by atoms with Crippen molar-refractivity contribution < 1.29 is 14.2 Å². The molecular formula is C20H21N7O3. The molecule has 0 aliphatic heterocycles. The summed E-state index contributed by atoms with van der Waals surface area (Å²) in [6.07, 6.45) is 1.44. The molecule has 0 radical (unpaired) electrons. The molecule has 0 saturated heterocycles. The summed E-state index contributed by atoms with van der Waals surface area (Å²) in [4.78, 5) is 17.7. The molecule has 2 N–H and O–H groups in total. The number of aromatic nitrogens is 5. The van der Waals surface area contributed by atoms with E-state index in [2.05, 4.69) is 30.6 Å². The van der Waals surface area contributed by atoms with Gasteiger partial charge in [0.2, 0.25) is 23.6 Å². The average Bonchev–Trinajstić information content (AvgIpc) is 3.17. The summed E-state index contributed by atoms with van der Waals surface area (Å²) in [5.41, 5.74) is 2.39. The normalized spacial score (nSPS) is 10.7. The van der Waals surface area contributed by atoms with Crippen LogP contribution < -0.4 is 24.8 Å². The molecule has 4 rings (SSSR count). The molecule has 0 aliphatic carbocycles. The Morgan fingerprint density at radius 1 is 0.900 bits per heavy atom. The molecule has 2 aromatic heterocycles. The van der Waals surface area contributed by atoms with Crippen molar-refractivity contribution in [2.75, 3.05) is 39.0 Å². The van der Waals surface area contributed by atoms with Crippen LogP contribution in [0.3, 0.4) is 0 Å². The summed E-state index contributed by atoms with van der Waals surface area (Å²) in [6.45, 7) is 0. The summed E-state index contributed by atoms with van der Waals surface area (Å²) in [6, 6.07) is 11.3. The first-order valence-electron chi connectivity index (χ1n) is 9.10. The van der Waals surface area contributed by atoms with Gasteiger partial charge in [0.05, 0.1) is 32.4 Å². The van der Waals surface area contributed by atoms with E-state index in [-0.39, 0.29) is 0 Å². The van der Waals surface area contributed by atoms with Crippen molar-refractivity contribution in [2.24, 2.45) is 0 Å². The van der Waals surface area contributed by atoms with E-state index in [4.69, 9.17) is 14.2 Å². The first kappa shape index (κ1) is 19.2. The molecular weight excluding hydrogens is 386 g/mol. The Labute approximate surface area is 172 Å². The molecule has 154 valence electrons. The van der Waals surface area contributed by atoms with Crippen LogP contribution in [0.2, 0.25) is 0 Å². The summed E-state index contributed by atoms with van der Waals surface area (Å²) in [5, 5.41) is 6.24. The maximum Gasteiger partial charge on any atom is 0.241 e. The first-order chi connectivity index (χ1) is 14.7. The zero-order valence-electron chi connectivity index (χ0n) is 17.0.